The average Bonchev–Trinajstić information content (AvgIpc) is 2.55. The van der Waals surface area contributed by atoms with Crippen LogP contribution in [0.15, 0.2) is 0 Å². The monoisotopic (exact) mass is 332 g/mol. The van der Waals surface area contributed by atoms with Gasteiger partial charge in [0.2, 0.25) is 0 Å². The second-order valence-electron chi connectivity index (χ2n) is 10.9. The largest absolute Gasteiger partial charge is 0.0620 e. The fourth-order valence-electron chi connectivity index (χ4n) is 8.55. The van der Waals surface area contributed by atoms with Crippen molar-refractivity contribution in [2.75, 3.05) is 0 Å². The van der Waals surface area contributed by atoms with E-state index in [-0.39, 0.29) is 0 Å². The molecule has 3 aliphatic rings. The van der Waals surface area contributed by atoms with Gasteiger partial charge in [-0.25, -0.2) is 0 Å². The lowest BCUT2D eigenvalue weighted by atomic mass is 9.40. The van der Waals surface area contributed by atoms with Crippen molar-refractivity contribution in [3.63, 3.8) is 0 Å². The molecule has 0 spiro atoms. The van der Waals surface area contributed by atoms with Crippen molar-refractivity contribution >= 4 is 0 Å². The molecule has 12 unspecified atom stereocenters. The SMILES string of the molecule is CC1C(C)C(C)C2C(C)C3C(C)C(C)C(C)C(C)C3C(C)C2C1C. The standard InChI is InChI=1S/C24H44/c1-11-12(2)16(6)22-20(10)24-18(8)14(4)13(3)17(7)23(24)19(9)21(22)15(11)5/h11-24H,1-10H3. The minimum Gasteiger partial charge on any atom is -0.0620 e. The van der Waals surface area contributed by atoms with E-state index in [4.69, 9.17) is 0 Å². The Bertz CT molecular complexity index is 371. The lowest BCUT2D eigenvalue weighted by Gasteiger charge is -2.64. The third kappa shape index (κ3) is 2.37. The van der Waals surface area contributed by atoms with Gasteiger partial charge in [-0.15, -0.1) is 0 Å². The normalized spacial score (nSPS) is 64.2. The van der Waals surface area contributed by atoms with Gasteiger partial charge in [-0.3, -0.25) is 0 Å². The molecule has 0 aromatic carbocycles. The summed E-state index contributed by atoms with van der Waals surface area (Å²) in [4.78, 5) is 0. The maximum absolute atomic E-state index is 2.65. The van der Waals surface area contributed by atoms with Gasteiger partial charge in [-0.2, -0.15) is 0 Å². The van der Waals surface area contributed by atoms with Crippen LogP contribution >= 0.6 is 0 Å². The van der Waals surface area contributed by atoms with Crippen LogP contribution in [0.25, 0.3) is 0 Å². The van der Waals surface area contributed by atoms with E-state index in [1.807, 2.05) is 0 Å². The summed E-state index contributed by atoms with van der Waals surface area (Å²) in [5, 5.41) is 0. The van der Waals surface area contributed by atoms with Gasteiger partial charge in [-0.05, 0) is 82.9 Å². The van der Waals surface area contributed by atoms with Crippen LogP contribution in [0.3, 0.4) is 0 Å². The molecule has 3 rings (SSSR count). The van der Waals surface area contributed by atoms with E-state index in [0.29, 0.717) is 0 Å². The highest BCUT2D eigenvalue weighted by Gasteiger charge is 2.59. The molecule has 0 radical (unpaired) electrons. The Morgan fingerprint density at radius 2 is 0.375 bits per heavy atom. The van der Waals surface area contributed by atoms with E-state index < -0.39 is 0 Å². The molecule has 0 saturated heterocycles. The molecule has 0 bridgehead atoms. The predicted molar refractivity (Wildman–Crippen MR) is 106 cm³/mol. The first-order chi connectivity index (χ1) is 11.1. The maximum Gasteiger partial charge on any atom is -0.0323 e. The molecular weight excluding hydrogens is 288 g/mol. The van der Waals surface area contributed by atoms with Gasteiger partial charge in [-0.1, -0.05) is 69.2 Å². The minimum absolute atomic E-state index is 0.889. The highest BCUT2D eigenvalue weighted by atomic mass is 14.6. The van der Waals surface area contributed by atoms with E-state index in [9.17, 15) is 0 Å². The van der Waals surface area contributed by atoms with Gasteiger partial charge < -0.3 is 0 Å². The molecule has 0 N–H and O–H groups in total. The van der Waals surface area contributed by atoms with Crippen molar-refractivity contribution in [2.45, 2.75) is 69.2 Å². The highest BCUT2D eigenvalue weighted by molar-refractivity contribution is 5.06. The first kappa shape index (κ1) is 18.8. The van der Waals surface area contributed by atoms with Gasteiger partial charge in [0.1, 0.15) is 0 Å². The Labute approximate surface area is 152 Å². The first-order valence-corrected chi connectivity index (χ1v) is 11.1. The summed E-state index contributed by atoms with van der Waals surface area (Å²) in [6.07, 6.45) is 0. The molecule has 0 nitrogen and oxygen atoms in total. The summed E-state index contributed by atoms with van der Waals surface area (Å²) < 4.78 is 0. The third-order valence-electron chi connectivity index (χ3n) is 10.7. The van der Waals surface area contributed by atoms with Crippen molar-refractivity contribution in [2.24, 2.45) is 82.9 Å². The van der Waals surface area contributed by atoms with Crippen LogP contribution in [0.4, 0.5) is 0 Å². The van der Waals surface area contributed by atoms with Crippen molar-refractivity contribution in [1.82, 2.24) is 0 Å². The molecule has 3 fully saturated rings. The summed E-state index contributed by atoms with van der Waals surface area (Å²) in [5.74, 6) is 12.8. The highest BCUT2D eigenvalue weighted by Crippen LogP contribution is 2.64. The number of fused-ring (bicyclic) bond motifs is 2. The van der Waals surface area contributed by atoms with E-state index in [1.54, 1.807) is 0 Å². The molecule has 140 valence electrons. The summed E-state index contributed by atoms with van der Waals surface area (Å²) in [7, 11) is 0. The molecule has 0 amide bonds. The maximum atomic E-state index is 2.65. The average molecular weight is 333 g/mol. The molecule has 0 aromatic heterocycles. The molecule has 0 aromatic rings. The topological polar surface area (TPSA) is 0 Å². The van der Waals surface area contributed by atoms with Crippen LogP contribution in [0.1, 0.15) is 69.2 Å². The fraction of sp³-hybridized carbons (Fsp3) is 1.00. The molecule has 24 heavy (non-hydrogen) atoms. The third-order valence-corrected chi connectivity index (χ3v) is 10.7. The Hall–Kier alpha value is 0. The minimum atomic E-state index is 0.889. The zero-order chi connectivity index (χ0) is 18.1. The Balaban J connectivity index is 2.03. The van der Waals surface area contributed by atoms with Crippen LogP contribution in [0, 0.1) is 82.9 Å². The van der Waals surface area contributed by atoms with E-state index in [0.717, 1.165) is 82.9 Å². The predicted octanol–water partition coefficient (Wildman–Crippen LogP) is 6.85. The zero-order valence-electron chi connectivity index (χ0n) is 18.1. The summed E-state index contributed by atoms with van der Waals surface area (Å²) >= 11 is 0. The first-order valence-electron chi connectivity index (χ1n) is 11.1. The molecular formula is C24H44. The number of hydrogen-bond acceptors (Lipinski definition) is 0. The lowest BCUT2D eigenvalue weighted by molar-refractivity contribution is -0.169. The van der Waals surface area contributed by atoms with Crippen LogP contribution < -0.4 is 0 Å². The lowest BCUT2D eigenvalue weighted by Crippen LogP contribution is -2.60. The summed E-state index contributed by atoms with van der Waals surface area (Å²) in [5.41, 5.74) is 0. The van der Waals surface area contributed by atoms with Gasteiger partial charge in [0.05, 0.1) is 0 Å². The Morgan fingerprint density at radius 3 is 0.542 bits per heavy atom. The molecule has 0 heterocycles. The number of hydrogen-bond donors (Lipinski definition) is 0. The van der Waals surface area contributed by atoms with Gasteiger partial charge >= 0.3 is 0 Å². The summed E-state index contributed by atoms with van der Waals surface area (Å²) in [6, 6.07) is 0. The van der Waals surface area contributed by atoms with E-state index >= 15 is 0 Å². The van der Waals surface area contributed by atoms with E-state index in [1.165, 1.54) is 0 Å². The molecule has 0 heteroatoms. The van der Waals surface area contributed by atoms with Crippen molar-refractivity contribution in [1.29, 1.82) is 0 Å². The van der Waals surface area contributed by atoms with Crippen LogP contribution in [-0.4, -0.2) is 0 Å². The van der Waals surface area contributed by atoms with Gasteiger partial charge in [0.25, 0.3) is 0 Å². The van der Waals surface area contributed by atoms with E-state index in [2.05, 4.69) is 69.2 Å². The van der Waals surface area contributed by atoms with Crippen molar-refractivity contribution in [3.8, 4) is 0 Å². The quantitative estimate of drug-likeness (QED) is 0.455. The second kappa shape index (κ2) is 6.31. The van der Waals surface area contributed by atoms with Crippen molar-refractivity contribution < 1.29 is 0 Å². The van der Waals surface area contributed by atoms with Gasteiger partial charge in [0.15, 0.2) is 0 Å². The summed E-state index contributed by atoms with van der Waals surface area (Å²) in [6.45, 7) is 25.9. The fourth-order valence-corrected chi connectivity index (χ4v) is 8.55. The van der Waals surface area contributed by atoms with Crippen molar-refractivity contribution in [3.05, 3.63) is 0 Å². The Morgan fingerprint density at radius 1 is 0.208 bits per heavy atom. The smallest absolute Gasteiger partial charge is 0.0323 e. The number of rotatable bonds is 0. The molecule has 0 aliphatic heterocycles. The zero-order valence-corrected chi connectivity index (χ0v) is 18.1. The van der Waals surface area contributed by atoms with Crippen LogP contribution in [0.2, 0.25) is 0 Å². The molecule has 3 saturated carbocycles. The Kier molecular flexibility index (Phi) is 4.94. The van der Waals surface area contributed by atoms with Gasteiger partial charge in [0, 0.05) is 0 Å². The molecule has 3 aliphatic carbocycles. The van der Waals surface area contributed by atoms with Crippen LogP contribution in [0.5, 0.6) is 0 Å². The second-order valence-corrected chi connectivity index (χ2v) is 10.9. The van der Waals surface area contributed by atoms with Crippen LogP contribution in [-0.2, 0) is 0 Å². The molecule has 12 atom stereocenters.